The van der Waals surface area contributed by atoms with E-state index in [-0.39, 0.29) is 0 Å². The average Bonchev–Trinajstić information content (AvgIpc) is 2.56. The van der Waals surface area contributed by atoms with Crippen molar-refractivity contribution in [3.63, 3.8) is 0 Å². The van der Waals surface area contributed by atoms with E-state index in [9.17, 15) is 0 Å². The van der Waals surface area contributed by atoms with Crippen molar-refractivity contribution in [3.05, 3.63) is 20.8 Å². The van der Waals surface area contributed by atoms with Crippen LogP contribution in [-0.2, 0) is 6.42 Å². The van der Waals surface area contributed by atoms with E-state index in [2.05, 4.69) is 32.8 Å². The highest BCUT2D eigenvalue weighted by Crippen LogP contribution is 2.32. The first kappa shape index (κ1) is 11.6. The van der Waals surface area contributed by atoms with Crippen molar-refractivity contribution in [2.24, 2.45) is 11.8 Å². The van der Waals surface area contributed by atoms with Gasteiger partial charge in [-0.25, -0.2) is 0 Å². The molecule has 1 atom stereocenters. The number of hydrogen-bond donors (Lipinski definition) is 2. The fraction of sp³-hybridized carbons (Fsp3) is 0.636. The van der Waals surface area contributed by atoms with E-state index in [1.54, 1.807) is 11.3 Å². The molecule has 0 amide bonds. The standard InChI is InChI=1S/C11H17BrN2S/c12-10-4-5-15-11(10)7-9(14-13)6-8-2-1-3-8/h4-5,8-9,14H,1-3,6-7,13H2. The zero-order chi connectivity index (χ0) is 10.7. The maximum absolute atomic E-state index is 5.61. The van der Waals surface area contributed by atoms with Crippen molar-refractivity contribution in [2.45, 2.75) is 38.1 Å². The third kappa shape index (κ3) is 3.03. The van der Waals surface area contributed by atoms with Crippen LogP contribution in [0.5, 0.6) is 0 Å². The minimum absolute atomic E-state index is 0.435. The van der Waals surface area contributed by atoms with Gasteiger partial charge in [0.05, 0.1) is 0 Å². The van der Waals surface area contributed by atoms with Crippen molar-refractivity contribution < 1.29 is 0 Å². The van der Waals surface area contributed by atoms with Crippen LogP contribution in [0.4, 0.5) is 0 Å². The third-order valence-electron chi connectivity index (χ3n) is 3.20. The summed E-state index contributed by atoms with van der Waals surface area (Å²) in [5, 5.41) is 2.12. The van der Waals surface area contributed by atoms with Crippen molar-refractivity contribution in [2.75, 3.05) is 0 Å². The van der Waals surface area contributed by atoms with Gasteiger partial charge in [0.25, 0.3) is 0 Å². The van der Waals surface area contributed by atoms with Gasteiger partial charge in [-0.2, -0.15) is 0 Å². The van der Waals surface area contributed by atoms with Crippen LogP contribution >= 0.6 is 27.3 Å². The number of halogens is 1. The lowest BCUT2D eigenvalue weighted by atomic mass is 9.80. The molecule has 0 aromatic carbocycles. The molecule has 1 fully saturated rings. The summed E-state index contributed by atoms with van der Waals surface area (Å²) >= 11 is 5.37. The lowest BCUT2D eigenvalue weighted by Gasteiger charge is -2.29. The van der Waals surface area contributed by atoms with Crippen LogP contribution in [0.2, 0.25) is 0 Å². The molecule has 2 nitrogen and oxygen atoms in total. The zero-order valence-electron chi connectivity index (χ0n) is 8.71. The van der Waals surface area contributed by atoms with Crippen molar-refractivity contribution in [1.29, 1.82) is 0 Å². The molecule has 15 heavy (non-hydrogen) atoms. The normalized spacial score (nSPS) is 18.8. The molecule has 1 aromatic heterocycles. The smallest absolute Gasteiger partial charge is 0.0314 e. The molecule has 0 bridgehead atoms. The van der Waals surface area contributed by atoms with Gasteiger partial charge < -0.3 is 0 Å². The molecule has 1 aromatic rings. The van der Waals surface area contributed by atoms with Gasteiger partial charge >= 0.3 is 0 Å². The van der Waals surface area contributed by atoms with E-state index in [0.29, 0.717) is 6.04 Å². The van der Waals surface area contributed by atoms with Gasteiger partial charge in [-0.15, -0.1) is 11.3 Å². The van der Waals surface area contributed by atoms with Gasteiger partial charge in [-0.3, -0.25) is 11.3 Å². The van der Waals surface area contributed by atoms with E-state index in [0.717, 1.165) is 12.3 Å². The molecule has 2 rings (SSSR count). The molecule has 0 radical (unpaired) electrons. The minimum Gasteiger partial charge on any atom is -0.271 e. The van der Waals surface area contributed by atoms with Crippen LogP contribution in [0.25, 0.3) is 0 Å². The number of thiophene rings is 1. The summed E-state index contributed by atoms with van der Waals surface area (Å²) in [7, 11) is 0. The molecule has 4 heteroatoms. The summed E-state index contributed by atoms with van der Waals surface area (Å²) < 4.78 is 1.22. The molecule has 1 saturated carbocycles. The molecule has 0 spiro atoms. The fourth-order valence-corrected chi connectivity index (χ4v) is 3.63. The Bertz CT molecular complexity index is 309. The Balaban J connectivity index is 1.87. The highest BCUT2D eigenvalue weighted by atomic mass is 79.9. The van der Waals surface area contributed by atoms with Crippen molar-refractivity contribution in [3.8, 4) is 0 Å². The Kier molecular flexibility index (Phi) is 4.20. The van der Waals surface area contributed by atoms with Gasteiger partial charge in [0, 0.05) is 15.4 Å². The molecule has 0 saturated heterocycles. The fourth-order valence-electron chi connectivity index (χ4n) is 2.04. The van der Waals surface area contributed by atoms with E-state index < -0.39 is 0 Å². The zero-order valence-corrected chi connectivity index (χ0v) is 11.1. The van der Waals surface area contributed by atoms with Gasteiger partial charge in [0.15, 0.2) is 0 Å². The lowest BCUT2D eigenvalue weighted by Crippen LogP contribution is -2.39. The lowest BCUT2D eigenvalue weighted by molar-refractivity contribution is 0.260. The van der Waals surface area contributed by atoms with Crippen LogP contribution in [0.3, 0.4) is 0 Å². The molecular formula is C11H17BrN2S. The summed E-state index contributed by atoms with van der Waals surface area (Å²) in [5.74, 6) is 6.51. The summed E-state index contributed by atoms with van der Waals surface area (Å²) in [6, 6.07) is 2.54. The molecular weight excluding hydrogens is 272 g/mol. The molecule has 0 aliphatic heterocycles. The van der Waals surface area contributed by atoms with E-state index in [4.69, 9.17) is 5.84 Å². The van der Waals surface area contributed by atoms with Gasteiger partial charge in [0.2, 0.25) is 0 Å². The third-order valence-corrected chi connectivity index (χ3v) is 5.15. The number of hydrogen-bond acceptors (Lipinski definition) is 3. The second-order valence-corrected chi connectivity index (χ2v) is 6.15. The second kappa shape index (κ2) is 5.43. The molecule has 84 valence electrons. The number of rotatable bonds is 5. The van der Waals surface area contributed by atoms with E-state index >= 15 is 0 Å². The number of nitrogens with one attached hydrogen (secondary N) is 1. The van der Waals surface area contributed by atoms with Crippen LogP contribution in [0.15, 0.2) is 15.9 Å². The topological polar surface area (TPSA) is 38.0 Å². The second-order valence-electron chi connectivity index (χ2n) is 4.29. The Hall–Kier alpha value is 0.100. The quantitative estimate of drug-likeness (QED) is 0.646. The van der Waals surface area contributed by atoms with Crippen LogP contribution in [0, 0.1) is 5.92 Å². The highest BCUT2D eigenvalue weighted by Gasteiger charge is 2.22. The predicted molar refractivity (Wildman–Crippen MR) is 68.8 cm³/mol. The van der Waals surface area contributed by atoms with Gasteiger partial charge in [-0.05, 0) is 46.1 Å². The highest BCUT2D eigenvalue weighted by molar-refractivity contribution is 9.10. The SMILES string of the molecule is NNC(Cc1sccc1Br)CC1CCC1. The Morgan fingerprint density at radius 2 is 2.40 bits per heavy atom. The number of hydrazine groups is 1. The largest absolute Gasteiger partial charge is 0.271 e. The first-order chi connectivity index (χ1) is 7.29. The van der Waals surface area contributed by atoms with Gasteiger partial charge in [-0.1, -0.05) is 19.3 Å². The van der Waals surface area contributed by atoms with Gasteiger partial charge in [0.1, 0.15) is 0 Å². The van der Waals surface area contributed by atoms with E-state index in [1.807, 2.05) is 0 Å². The maximum atomic E-state index is 5.61. The predicted octanol–water partition coefficient (Wildman–Crippen LogP) is 3.08. The molecule has 3 N–H and O–H groups in total. The van der Waals surface area contributed by atoms with Crippen LogP contribution in [-0.4, -0.2) is 6.04 Å². The Morgan fingerprint density at radius 1 is 1.60 bits per heavy atom. The Morgan fingerprint density at radius 3 is 2.87 bits per heavy atom. The summed E-state index contributed by atoms with van der Waals surface area (Å²) in [4.78, 5) is 1.40. The number of nitrogens with two attached hydrogens (primary N) is 1. The summed E-state index contributed by atoms with van der Waals surface area (Å²) in [5.41, 5.74) is 2.95. The monoisotopic (exact) mass is 288 g/mol. The van der Waals surface area contributed by atoms with Crippen molar-refractivity contribution in [1.82, 2.24) is 5.43 Å². The molecule has 1 unspecified atom stereocenters. The first-order valence-corrected chi connectivity index (χ1v) is 7.15. The average molecular weight is 289 g/mol. The minimum atomic E-state index is 0.435. The maximum Gasteiger partial charge on any atom is 0.0314 e. The van der Waals surface area contributed by atoms with Crippen LogP contribution in [0.1, 0.15) is 30.6 Å². The molecule has 1 heterocycles. The summed E-state index contributed by atoms with van der Waals surface area (Å²) in [6.45, 7) is 0. The summed E-state index contributed by atoms with van der Waals surface area (Å²) in [6.07, 6.45) is 6.46. The van der Waals surface area contributed by atoms with E-state index in [1.165, 1.54) is 35.0 Å². The van der Waals surface area contributed by atoms with Crippen LogP contribution < -0.4 is 11.3 Å². The Labute approximate surface area is 103 Å². The van der Waals surface area contributed by atoms with Crippen molar-refractivity contribution >= 4 is 27.3 Å². The molecule has 1 aliphatic rings. The first-order valence-electron chi connectivity index (χ1n) is 5.47. The molecule has 1 aliphatic carbocycles.